The summed E-state index contributed by atoms with van der Waals surface area (Å²) in [6, 6.07) is 5.72. The van der Waals surface area contributed by atoms with Crippen molar-refractivity contribution in [3.05, 3.63) is 36.2 Å². The van der Waals surface area contributed by atoms with Crippen molar-refractivity contribution in [2.24, 2.45) is 0 Å². The average molecular weight is 300 g/mol. The SMILES string of the molecule is CC(C)(C)OC(=O)NCC=Cc1ccc2ncnc(N)c2c1. The van der Waals surface area contributed by atoms with E-state index in [4.69, 9.17) is 10.5 Å². The largest absolute Gasteiger partial charge is 0.444 e. The molecule has 0 saturated heterocycles. The molecule has 1 heterocycles. The molecule has 2 aromatic rings. The number of hydrogen-bond acceptors (Lipinski definition) is 5. The van der Waals surface area contributed by atoms with Gasteiger partial charge in [-0.1, -0.05) is 18.2 Å². The highest BCUT2D eigenvalue weighted by Gasteiger charge is 2.14. The third kappa shape index (κ3) is 4.44. The summed E-state index contributed by atoms with van der Waals surface area (Å²) in [6.45, 7) is 5.85. The second kappa shape index (κ2) is 6.43. The van der Waals surface area contributed by atoms with Gasteiger partial charge < -0.3 is 15.8 Å². The van der Waals surface area contributed by atoms with E-state index in [2.05, 4.69) is 15.3 Å². The molecule has 0 aliphatic heterocycles. The van der Waals surface area contributed by atoms with Crippen LogP contribution in [0.2, 0.25) is 0 Å². The van der Waals surface area contributed by atoms with Gasteiger partial charge in [-0.2, -0.15) is 0 Å². The summed E-state index contributed by atoms with van der Waals surface area (Å²) in [4.78, 5) is 19.6. The number of hydrogen-bond donors (Lipinski definition) is 2. The van der Waals surface area contributed by atoms with Crippen LogP contribution in [0.1, 0.15) is 26.3 Å². The Morgan fingerprint density at radius 3 is 2.86 bits per heavy atom. The molecule has 1 amide bonds. The molecule has 0 atom stereocenters. The van der Waals surface area contributed by atoms with Crippen LogP contribution >= 0.6 is 0 Å². The molecule has 0 bridgehead atoms. The number of alkyl carbamates (subject to hydrolysis) is 1. The fourth-order valence-corrected chi connectivity index (χ4v) is 1.85. The van der Waals surface area contributed by atoms with Crippen molar-refractivity contribution in [2.75, 3.05) is 12.3 Å². The Bertz CT molecular complexity index is 705. The molecule has 0 saturated carbocycles. The third-order valence-electron chi connectivity index (χ3n) is 2.76. The number of nitrogens with one attached hydrogen (secondary N) is 1. The highest BCUT2D eigenvalue weighted by molar-refractivity contribution is 5.89. The van der Waals surface area contributed by atoms with Crippen molar-refractivity contribution in [2.45, 2.75) is 26.4 Å². The minimum atomic E-state index is -0.496. The zero-order valence-electron chi connectivity index (χ0n) is 13.0. The second-order valence-electron chi connectivity index (χ2n) is 5.82. The zero-order chi connectivity index (χ0) is 16.2. The van der Waals surface area contributed by atoms with E-state index in [0.717, 1.165) is 16.5 Å². The average Bonchev–Trinajstić information content (AvgIpc) is 2.42. The zero-order valence-corrected chi connectivity index (χ0v) is 13.0. The molecular formula is C16H20N4O2. The van der Waals surface area contributed by atoms with Crippen molar-refractivity contribution in [1.82, 2.24) is 15.3 Å². The van der Waals surface area contributed by atoms with Gasteiger partial charge in [0.05, 0.1) is 5.52 Å². The van der Waals surface area contributed by atoms with Crippen LogP contribution in [0.3, 0.4) is 0 Å². The summed E-state index contributed by atoms with van der Waals surface area (Å²) in [5.41, 5.74) is 7.09. The first-order valence-corrected chi connectivity index (χ1v) is 6.99. The molecule has 116 valence electrons. The van der Waals surface area contributed by atoms with Gasteiger partial charge in [-0.25, -0.2) is 14.8 Å². The lowest BCUT2D eigenvalue weighted by Crippen LogP contribution is -2.32. The van der Waals surface area contributed by atoms with Gasteiger partial charge in [0.25, 0.3) is 0 Å². The van der Waals surface area contributed by atoms with E-state index in [1.807, 2.05) is 51.1 Å². The number of nitrogen functional groups attached to an aromatic ring is 1. The lowest BCUT2D eigenvalue weighted by atomic mass is 10.1. The van der Waals surface area contributed by atoms with Crippen LogP contribution in [0.4, 0.5) is 10.6 Å². The molecule has 3 N–H and O–H groups in total. The number of aromatic nitrogens is 2. The minimum absolute atomic E-state index is 0.383. The number of carbonyl (C=O) groups excluding carboxylic acids is 1. The van der Waals surface area contributed by atoms with Gasteiger partial charge in [0, 0.05) is 11.9 Å². The predicted molar refractivity (Wildman–Crippen MR) is 87.2 cm³/mol. The van der Waals surface area contributed by atoms with Crippen LogP contribution in [-0.4, -0.2) is 28.2 Å². The highest BCUT2D eigenvalue weighted by atomic mass is 16.6. The molecule has 22 heavy (non-hydrogen) atoms. The first-order valence-electron chi connectivity index (χ1n) is 6.99. The van der Waals surface area contributed by atoms with Gasteiger partial charge in [0.1, 0.15) is 17.7 Å². The quantitative estimate of drug-likeness (QED) is 0.909. The Morgan fingerprint density at radius 2 is 2.14 bits per heavy atom. The molecule has 0 unspecified atom stereocenters. The smallest absolute Gasteiger partial charge is 0.407 e. The molecule has 0 fully saturated rings. The normalized spacial score (nSPS) is 11.8. The number of nitrogens with zero attached hydrogens (tertiary/aromatic N) is 2. The Labute approximate surface area is 129 Å². The monoisotopic (exact) mass is 300 g/mol. The van der Waals surface area contributed by atoms with E-state index in [-0.39, 0.29) is 0 Å². The highest BCUT2D eigenvalue weighted by Crippen LogP contribution is 2.18. The van der Waals surface area contributed by atoms with Crippen molar-refractivity contribution in [3.8, 4) is 0 Å². The first kappa shape index (κ1) is 15.8. The van der Waals surface area contributed by atoms with Crippen LogP contribution in [0.25, 0.3) is 17.0 Å². The van der Waals surface area contributed by atoms with Crippen LogP contribution in [0.5, 0.6) is 0 Å². The van der Waals surface area contributed by atoms with Crippen molar-refractivity contribution < 1.29 is 9.53 Å². The molecule has 6 heteroatoms. The molecule has 1 aromatic heterocycles. The van der Waals surface area contributed by atoms with E-state index in [9.17, 15) is 4.79 Å². The maximum absolute atomic E-state index is 11.5. The van der Waals surface area contributed by atoms with Crippen LogP contribution < -0.4 is 11.1 Å². The molecule has 2 rings (SSSR count). The van der Waals surface area contributed by atoms with E-state index >= 15 is 0 Å². The van der Waals surface area contributed by atoms with Gasteiger partial charge in [0.15, 0.2) is 0 Å². The number of nitrogens with two attached hydrogens (primary N) is 1. The Kier molecular flexibility index (Phi) is 4.60. The summed E-state index contributed by atoms with van der Waals surface area (Å²) in [7, 11) is 0. The molecule has 0 spiro atoms. The molecule has 1 aromatic carbocycles. The van der Waals surface area contributed by atoms with E-state index in [0.29, 0.717) is 12.4 Å². The Hall–Kier alpha value is -2.63. The molecule has 6 nitrogen and oxygen atoms in total. The summed E-state index contributed by atoms with van der Waals surface area (Å²) < 4.78 is 5.15. The van der Waals surface area contributed by atoms with Crippen LogP contribution in [-0.2, 0) is 4.74 Å². The molecular weight excluding hydrogens is 280 g/mol. The van der Waals surface area contributed by atoms with Gasteiger partial charge in [-0.15, -0.1) is 0 Å². The lowest BCUT2D eigenvalue weighted by molar-refractivity contribution is 0.0534. The number of anilines is 1. The molecule has 0 aliphatic carbocycles. The van der Waals surface area contributed by atoms with Gasteiger partial charge >= 0.3 is 6.09 Å². The number of amides is 1. The number of ether oxygens (including phenoxy) is 1. The Balaban J connectivity index is 1.96. The number of benzene rings is 1. The summed E-state index contributed by atoms with van der Waals surface area (Å²) >= 11 is 0. The molecule has 0 radical (unpaired) electrons. The van der Waals surface area contributed by atoms with E-state index in [1.165, 1.54) is 6.33 Å². The van der Waals surface area contributed by atoms with Gasteiger partial charge in [-0.3, -0.25) is 0 Å². The minimum Gasteiger partial charge on any atom is -0.444 e. The van der Waals surface area contributed by atoms with Crippen molar-refractivity contribution in [1.29, 1.82) is 0 Å². The summed E-state index contributed by atoms with van der Waals surface area (Å²) in [5.74, 6) is 0.451. The lowest BCUT2D eigenvalue weighted by Gasteiger charge is -2.19. The Morgan fingerprint density at radius 1 is 1.36 bits per heavy atom. The predicted octanol–water partition coefficient (Wildman–Crippen LogP) is 2.75. The maximum atomic E-state index is 11.5. The number of rotatable bonds is 3. The van der Waals surface area contributed by atoms with Gasteiger partial charge in [-0.05, 0) is 38.5 Å². The third-order valence-corrected chi connectivity index (χ3v) is 2.76. The van der Waals surface area contributed by atoms with E-state index in [1.54, 1.807) is 0 Å². The number of carbonyl (C=O) groups is 1. The van der Waals surface area contributed by atoms with E-state index < -0.39 is 11.7 Å². The standard InChI is InChI=1S/C16H20N4O2/c1-16(2,3)22-15(21)18-8-4-5-11-6-7-13-12(9-11)14(17)20-10-19-13/h4-7,9-10H,8H2,1-3H3,(H,18,21)(H2,17,19,20). The summed E-state index contributed by atoms with van der Waals surface area (Å²) in [6.07, 6.45) is 4.74. The fraction of sp³-hybridized carbons (Fsp3) is 0.312. The number of fused-ring (bicyclic) bond motifs is 1. The fourth-order valence-electron chi connectivity index (χ4n) is 1.85. The second-order valence-corrected chi connectivity index (χ2v) is 5.82. The summed E-state index contributed by atoms with van der Waals surface area (Å²) in [5, 5.41) is 3.47. The maximum Gasteiger partial charge on any atom is 0.407 e. The van der Waals surface area contributed by atoms with Crippen molar-refractivity contribution >= 4 is 28.9 Å². The van der Waals surface area contributed by atoms with Crippen molar-refractivity contribution in [3.63, 3.8) is 0 Å². The molecule has 0 aliphatic rings. The van der Waals surface area contributed by atoms with Crippen LogP contribution in [0.15, 0.2) is 30.6 Å². The first-order chi connectivity index (χ1) is 10.3. The van der Waals surface area contributed by atoms with Gasteiger partial charge in [0.2, 0.25) is 0 Å². The van der Waals surface area contributed by atoms with Crippen LogP contribution in [0, 0.1) is 0 Å². The topological polar surface area (TPSA) is 90.1 Å².